The fourth-order valence-corrected chi connectivity index (χ4v) is 6.27. The van der Waals surface area contributed by atoms with Gasteiger partial charge in [-0.15, -0.1) is 0 Å². The largest absolute Gasteiger partial charge is 0.490 e. The van der Waals surface area contributed by atoms with Gasteiger partial charge < -0.3 is 25.6 Å². The van der Waals surface area contributed by atoms with Crippen LogP contribution in [0.4, 0.5) is 5.69 Å². The van der Waals surface area contributed by atoms with Crippen molar-refractivity contribution in [3.05, 3.63) is 91.0 Å². The van der Waals surface area contributed by atoms with E-state index in [1.165, 1.54) is 0 Å². The van der Waals surface area contributed by atoms with Gasteiger partial charge in [0.2, 0.25) is 11.8 Å². The smallest absolute Gasteiger partial charge is 0.238 e. The molecule has 4 atom stereocenters. The summed E-state index contributed by atoms with van der Waals surface area (Å²) < 4.78 is 6.77. The Morgan fingerprint density at radius 3 is 2.62 bits per heavy atom. The number of aliphatic hydroxyl groups excluding tert-OH is 2. The van der Waals surface area contributed by atoms with Crippen LogP contribution < -0.4 is 15.4 Å². The van der Waals surface area contributed by atoms with Crippen molar-refractivity contribution in [2.45, 2.75) is 29.9 Å². The third kappa shape index (κ3) is 4.70. The molecule has 0 radical (unpaired) electrons. The maximum atomic E-state index is 14.1. The van der Waals surface area contributed by atoms with Crippen molar-refractivity contribution in [1.82, 2.24) is 5.32 Å². The van der Waals surface area contributed by atoms with Gasteiger partial charge in [-0.2, -0.15) is 0 Å². The van der Waals surface area contributed by atoms with E-state index in [1.54, 1.807) is 36.4 Å². The number of carbonyl (C=O) groups is 2. The number of hydrogen-bond donors (Lipinski definition) is 4. The molecule has 37 heavy (non-hydrogen) atoms. The molecule has 2 aliphatic rings. The number of fused-ring (bicyclic) bond motifs is 2. The first-order valence-corrected chi connectivity index (χ1v) is 13.4. The molecule has 1 fully saturated rings. The van der Waals surface area contributed by atoms with E-state index in [0.717, 1.165) is 9.13 Å². The summed E-state index contributed by atoms with van der Waals surface area (Å²) in [5, 5.41) is 26.2. The van der Waals surface area contributed by atoms with Crippen LogP contribution >= 0.6 is 45.8 Å². The molecule has 1 saturated heterocycles. The van der Waals surface area contributed by atoms with Crippen LogP contribution in [0, 0.1) is 3.57 Å². The number of nitrogens with one attached hydrogen (secondary N) is 2. The SMILES string of the molecule is O=C1C[C@@H](c2cccc(Cl)c2)[C@]2(C(=O)Nc3cc(Cl)ccc32)[C@@H](c2cc(I)ccc2OCC(O)CO)N1. The molecule has 0 saturated carbocycles. The first-order valence-electron chi connectivity index (χ1n) is 11.6. The fourth-order valence-electron chi connectivity index (χ4n) is 5.38. The summed E-state index contributed by atoms with van der Waals surface area (Å²) >= 11 is 14.8. The minimum atomic E-state index is -1.25. The number of ether oxygens (including phenoxy) is 1. The number of carbonyl (C=O) groups excluding carboxylic acids is 2. The minimum absolute atomic E-state index is 0.0652. The van der Waals surface area contributed by atoms with E-state index in [2.05, 4.69) is 33.2 Å². The Morgan fingerprint density at radius 2 is 1.86 bits per heavy atom. The summed E-state index contributed by atoms with van der Waals surface area (Å²) in [5.41, 5.74) is 1.37. The lowest BCUT2D eigenvalue weighted by Gasteiger charge is -2.46. The third-order valence-electron chi connectivity index (χ3n) is 6.93. The number of hydrogen-bond acceptors (Lipinski definition) is 5. The summed E-state index contributed by atoms with van der Waals surface area (Å²) in [7, 11) is 0. The Balaban J connectivity index is 1.76. The van der Waals surface area contributed by atoms with Gasteiger partial charge in [0.15, 0.2) is 0 Å². The Morgan fingerprint density at radius 1 is 1.08 bits per heavy atom. The van der Waals surface area contributed by atoms with Crippen LogP contribution in [-0.2, 0) is 15.0 Å². The van der Waals surface area contributed by atoms with Gasteiger partial charge in [-0.25, -0.2) is 0 Å². The lowest BCUT2D eigenvalue weighted by Crippen LogP contribution is -2.57. The molecule has 7 nitrogen and oxygen atoms in total. The van der Waals surface area contributed by atoms with Gasteiger partial charge >= 0.3 is 0 Å². The molecule has 10 heteroatoms. The Hall–Kier alpha value is -2.37. The standard InChI is InChI=1S/C27H23Cl2IN2O5/c28-15-3-1-2-14(8-15)21-11-24(35)32-25(19-10-17(30)5-7-23(19)37-13-18(34)12-33)27(21)20-6-4-16(29)9-22(20)31-26(27)36/h1-10,18,21,25,33-34H,11-13H2,(H,31,36)(H,32,35)/t18?,21-,25+,27-/m0/s1. The molecule has 0 aliphatic carbocycles. The highest BCUT2D eigenvalue weighted by Gasteiger charge is 2.61. The molecule has 2 aliphatic heterocycles. The number of rotatable bonds is 6. The first kappa shape index (κ1) is 26.2. The molecule has 4 N–H and O–H groups in total. The second kappa shape index (κ2) is 10.4. The van der Waals surface area contributed by atoms with Crippen LogP contribution in [0.5, 0.6) is 5.75 Å². The number of anilines is 1. The topological polar surface area (TPSA) is 108 Å². The molecule has 5 rings (SSSR count). The molecule has 2 amide bonds. The van der Waals surface area contributed by atoms with E-state index in [0.29, 0.717) is 32.6 Å². The number of benzene rings is 3. The van der Waals surface area contributed by atoms with Crippen LogP contribution in [-0.4, -0.2) is 41.3 Å². The maximum absolute atomic E-state index is 14.1. The molecule has 192 valence electrons. The van der Waals surface area contributed by atoms with Gasteiger partial charge in [-0.05, 0) is 76.2 Å². The van der Waals surface area contributed by atoms with Gasteiger partial charge in [-0.3, -0.25) is 9.59 Å². The van der Waals surface area contributed by atoms with Crippen molar-refractivity contribution >= 4 is 63.3 Å². The fraction of sp³-hybridized carbons (Fsp3) is 0.259. The van der Waals surface area contributed by atoms with Gasteiger partial charge in [0.1, 0.15) is 23.9 Å². The van der Waals surface area contributed by atoms with Crippen LogP contribution in [0.25, 0.3) is 0 Å². The van der Waals surface area contributed by atoms with Gasteiger partial charge in [0.05, 0.1) is 12.6 Å². The molecule has 3 aromatic rings. The van der Waals surface area contributed by atoms with E-state index < -0.39 is 30.1 Å². The van der Waals surface area contributed by atoms with E-state index >= 15 is 0 Å². The zero-order valence-electron chi connectivity index (χ0n) is 19.4. The molecule has 0 aromatic heterocycles. The Bertz CT molecular complexity index is 1390. The Labute approximate surface area is 237 Å². The van der Waals surface area contributed by atoms with Gasteiger partial charge in [0.25, 0.3) is 0 Å². The summed E-state index contributed by atoms with van der Waals surface area (Å²) in [6.07, 6.45) is -1.02. The van der Waals surface area contributed by atoms with Crippen molar-refractivity contribution in [2.24, 2.45) is 0 Å². The monoisotopic (exact) mass is 652 g/mol. The minimum Gasteiger partial charge on any atom is -0.490 e. The normalized spacial score (nSPS) is 23.4. The van der Waals surface area contributed by atoms with Crippen molar-refractivity contribution in [1.29, 1.82) is 0 Å². The number of aliphatic hydroxyl groups is 2. The molecule has 0 bridgehead atoms. The Kier molecular flexibility index (Phi) is 7.39. The third-order valence-corrected chi connectivity index (χ3v) is 8.07. The van der Waals surface area contributed by atoms with E-state index in [9.17, 15) is 19.8 Å². The van der Waals surface area contributed by atoms with Crippen LogP contribution in [0.2, 0.25) is 10.0 Å². The zero-order chi connectivity index (χ0) is 26.3. The summed E-state index contributed by atoms with van der Waals surface area (Å²) in [5.74, 6) is -0.670. The van der Waals surface area contributed by atoms with Gasteiger partial charge in [0, 0.05) is 37.2 Å². The number of amides is 2. The summed E-state index contributed by atoms with van der Waals surface area (Å²) in [6, 6.07) is 17.1. The lowest BCUT2D eigenvalue weighted by molar-refractivity contribution is -0.131. The molecular formula is C27H23Cl2IN2O5. The van der Waals surface area contributed by atoms with Crippen molar-refractivity contribution in [3.63, 3.8) is 0 Å². The summed E-state index contributed by atoms with van der Waals surface area (Å²) in [4.78, 5) is 27.4. The second-order valence-electron chi connectivity index (χ2n) is 9.15. The molecule has 1 unspecified atom stereocenters. The van der Waals surface area contributed by atoms with Crippen molar-refractivity contribution < 1.29 is 24.5 Å². The highest BCUT2D eigenvalue weighted by atomic mass is 127. The van der Waals surface area contributed by atoms with Crippen LogP contribution in [0.15, 0.2) is 60.7 Å². The van der Waals surface area contributed by atoms with E-state index in [-0.39, 0.29) is 24.8 Å². The maximum Gasteiger partial charge on any atom is 0.238 e. The molecule has 1 spiro atoms. The molecular weight excluding hydrogens is 630 g/mol. The predicted octanol–water partition coefficient (Wildman–Crippen LogP) is 4.56. The molecule has 2 heterocycles. The highest BCUT2D eigenvalue weighted by Crippen LogP contribution is 2.58. The molecule has 3 aromatic carbocycles. The van der Waals surface area contributed by atoms with Crippen molar-refractivity contribution in [2.75, 3.05) is 18.5 Å². The van der Waals surface area contributed by atoms with E-state index in [4.69, 9.17) is 27.9 Å². The second-order valence-corrected chi connectivity index (χ2v) is 11.3. The first-order chi connectivity index (χ1) is 17.7. The average molecular weight is 653 g/mol. The number of halogens is 3. The lowest BCUT2D eigenvalue weighted by atomic mass is 9.59. The predicted molar refractivity (Wildman–Crippen MR) is 149 cm³/mol. The van der Waals surface area contributed by atoms with Gasteiger partial charge in [-0.1, -0.05) is 41.4 Å². The summed E-state index contributed by atoms with van der Waals surface area (Å²) in [6.45, 7) is -0.620. The quantitative estimate of drug-likeness (QED) is 0.292. The van der Waals surface area contributed by atoms with E-state index in [1.807, 2.05) is 24.3 Å². The zero-order valence-corrected chi connectivity index (χ0v) is 23.0. The highest BCUT2D eigenvalue weighted by molar-refractivity contribution is 14.1. The van der Waals surface area contributed by atoms with Crippen molar-refractivity contribution in [3.8, 4) is 5.75 Å². The van der Waals surface area contributed by atoms with Crippen LogP contribution in [0.1, 0.15) is 35.1 Å². The average Bonchev–Trinajstić information content (AvgIpc) is 3.15. The number of piperidine rings is 1. The van der Waals surface area contributed by atoms with Crippen LogP contribution in [0.3, 0.4) is 0 Å².